The highest BCUT2D eigenvalue weighted by Crippen LogP contribution is 2.50. The Morgan fingerprint density at radius 1 is 1.13 bits per heavy atom. The molecule has 0 radical (unpaired) electrons. The molecule has 202 valence electrons. The first-order valence-corrected chi connectivity index (χ1v) is 14.1. The Hall–Kier alpha value is -2.36. The summed E-state index contributed by atoms with van der Waals surface area (Å²) in [6, 6.07) is 11.3. The van der Waals surface area contributed by atoms with Crippen molar-refractivity contribution in [1.82, 2.24) is 14.8 Å². The number of piperidine rings is 1. The molecule has 38 heavy (non-hydrogen) atoms. The van der Waals surface area contributed by atoms with Gasteiger partial charge < -0.3 is 15.0 Å². The lowest BCUT2D eigenvalue weighted by molar-refractivity contribution is -0.140. The number of nitrogens with one attached hydrogen (secondary N) is 1. The van der Waals surface area contributed by atoms with Crippen molar-refractivity contribution in [3.05, 3.63) is 69.3 Å². The van der Waals surface area contributed by atoms with Gasteiger partial charge in [0.2, 0.25) is 5.91 Å². The van der Waals surface area contributed by atoms with Crippen LogP contribution in [0.1, 0.15) is 60.5 Å². The molecule has 1 unspecified atom stereocenters. The highest BCUT2D eigenvalue weighted by molar-refractivity contribution is 9.10. The predicted octanol–water partition coefficient (Wildman–Crippen LogP) is 6.16. The number of halogens is 4. The van der Waals surface area contributed by atoms with Crippen LogP contribution in [0.2, 0.25) is 0 Å². The van der Waals surface area contributed by atoms with Gasteiger partial charge in [-0.2, -0.15) is 13.2 Å². The average molecular weight is 590 g/mol. The van der Waals surface area contributed by atoms with Crippen molar-refractivity contribution >= 4 is 32.7 Å². The summed E-state index contributed by atoms with van der Waals surface area (Å²) in [5.74, 6) is 0.389. The number of amides is 1. The topological polar surface area (TPSA) is 59.6 Å². The van der Waals surface area contributed by atoms with Crippen molar-refractivity contribution in [3.63, 3.8) is 0 Å². The normalized spacial score (nSPS) is 22.0. The molecule has 1 amide bonds. The number of aromatic amines is 1. The minimum Gasteiger partial charge on any atom is -0.394 e. The van der Waals surface area contributed by atoms with Crippen LogP contribution in [-0.4, -0.2) is 52.0 Å². The summed E-state index contributed by atoms with van der Waals surface area (Å²) >= 11 is 3.55. The first-order valence-electron chi connectivity index (χ1n) is 13.3. The van der Waals surface area contributed by atoms with E-state index in [2.05, 4.69) is 27.0 Å². The zero-order valence-electron chi connectivity index (χ0n) is 21.0. The number of hydrogen-bond acceptors (Lipinski definition) is 3. The fourth-order valence-corrected chi connectivity index (χ4v) is 7.14. The van der Waals surface area contributed by atoms with Crippen molar-refractivity contribution in [2.24, 2.45) is 5.92 Å². The van der Waals surface area contributed by atoms with Crippen molar-refractivity contribution in [3.8, 4) is 0 Å². The fourth-order valence-electron chi connectivity index (χ4n) is 6.78. The molecule has 2 aromatic carbocycles. The fraction of sp³-hybridized carbons (Fsp3) is 0.483. The molecule has 1 atom stereocenters. The number of H-pyrrole nitrogens is 1. The lowest BCUT2D eigenvalue weighted by Crippen LogP contribution is -2.55. The van der Waals surface area contributed by atoms with Gasteiger partial charge in [-0.25, -0.2) is 0 Å². The van der Waals surface area contributed by atoms with E-state index in [-0.39, 0.29) is 36.0 Å². The second kappa shape index (κ2) is 9.68. The third kappa shape index (κ3) is 4.36. The molecule has 5 nitrogen and oxygen atoms in total. The highest BCUT2D eigenvalue weighted by atomic mass is 79.9. The van der Waals surface area contributed by atoms with Gasteiger partial charge in [-0.1, -0.05) is 46.6 Å². The summed E-state index contributed by atoms with van der Waals surface area (Å²) in [5.41, 5.74) is 2.18. The van der Waals surface area contributed by atoms with Gasteiger partial charge in [-0.3, -0.25) is 9.69 Å². The molecule has 1 saturated carbocycles. The molecule has 3 heterocycles. The third-order valence-electron chi connectivity index (χ3n) is 8.96. The van der Waals surface area contributed by atoms with E-state index in [0.717, 1.165) is 64.8 Å². The maximum Gasteiger partial charge on any atom is 0.416 e. The standard InChI is InChI=1S/C29H31BrF3N3O2/c30-20-8-9-21-23(14-20)34-26-24(16-37)36(15-19-4-1-2-7-22(19)29(31,32)33)17-28(25(21)26)10-12-35(13-11-28)27(38)18-5-3-6-18/h1-2,4,7-9,14,18,24,34,37H,3,5-6,10-13,15-17H2. The molecule has 3 aromatic rings. The van der Waals surface area contributed by atoms with Crippen LogP contribution in [0.4, 0.5) is 13.2 Å². The molecule has 1 aromatic heterocycles. The summed E-state index contributed by atoms with van der Waals surface area (Å²) in [7, 11) is 0. The molecule has 1 aliphatic carbocycles. The third-order valence-corrected chi connectivity index (χ3v) is 9.45. The average Bonchev–Trinajstić information content (AvgIpc) is 3.22. The smallest absolute Gasteiger partial charge is 0.394 e. The monoisotopic (exact) mass is 589 g/mol. The second-order valence-corrected chi connectivity index (χ2v) is 12.0. The molecule has 2 N–H and O–H groups in total. The maximum atomic E-state index is 13.8. The molecule has 1 saturated heterocycles. The maximum absolute atomic E-state index is 13.8. The molecular formula is C29H31BrF3N3O2. The van der Waals surface area contributed by atoms with Crippen LogP contribution >= 0.6 is 15.9 Å². The van der Waals surface area contributed by atoms with E-state index in [1.807, 2.05) is 21.9 Å². The van der Waals surface area contributed by atoms with Gasteiger partial charge in [-0.05, 0) is 55.0 Å². The summed E-state index contributed by atoms with van der Waals surface area (Å²) in [6.07, 6.45) is 0.0526. The number of carbonyl (C=O) groups is 1. The lowest BCUT2D eigenvalue weighted by atomic mass is 9.68. The summed E-state index contributed by atoms with van der Waals surface area (Å²) < 4.78 is 42.5. The summed E-state index contributed by atoms with van der Waals surface area (Å²) in [6.45, 7) is 1.65. The molecule has 2 fully saturated rings. The SMILES string of the molecule is O=C(C1CCC1)N1CCC2(CC1)CN(Cc1ccccc1C(F)(F)F)C(CO)c1[nH]c3cc(Br)ccc3c12. The lowest BCUT2D eigenvalue weighted by Gasteiger charge is -2.51. The van der Waals surface area contributed by atoms with Gasteiger partial charge in [0, 0.05) is 58.6 Å². The number of likely N-dealkylation sites (tertiary alicyclic amines) is 1. The number of nitrogens with zero attached hydrogens (tertiary/aromatic N) is 2. The minimum absolute atomic E-state index is 0.0753. The predicted molar refractivity (Wildman–Crippen MR) is 143 cm³/mol. The zero-order valence-corrected chi connectivity index (χ0v) is 22.6. The van der Waals surface area contributed by atoms with Crippen LogP contribution < -0.4 is 0 Å². The highest BCUT2D eigenvalue weighted by Gasteiger charge is 2.48. The number of fused-ring (bicyclic) bond motifs is 4. The zero-order chi connectivity index (χ0) is 26.7. The molecule has 0 bridgehead atoms. The molecular weight excluding hydrogens is 559 g/mol. The number of benzene rings is 2. The van der Waals surface area contributed by atoms with Gasteiger partial charge in [0.05, 0.1) is 18.2 Å². The van der Waals surface area contributed by atoms with Crippen LogP contribution in [0.25, 0.3) is 10.9 Å². The minimum atomic E-state index is -4.45. The van der Waals surface area contributed by atoms with E-state index >= 15 is 0 Å². The Morgan fingerprint density at radius 2 is 1.87 bits per heavy atom. The first kappa shape index (κ1) is 25.9. The van der Waals surface area contributed by atoms with Gasteiger partial charge >= 0.3 is 6.18 Å². The molecule has 9 heteroatoms. The molecule has 3 aliphatic rings. The first-order chi connectivity index (χ1) is 18.2. The Balaban J connectivity index is 1.40. The van der Waals surface area contributed by atoms with Crippen LogP contribution in [0.15, 0.2) is 46.9 Å². The Kier molecular flexibility index (Phi) is 6.60. The van der Waals surface area contributed by atoms with Crippen LogP contribution in [-0.2, 0) is 22.9 Å². The van der Waals surface area contributed by atoms with E-state index in [1.165, 1.54) is 12.1 Å². The van der Waals surface area contributed by atoms with Gasteiger partial charge in [0.15, 0.2) is 0 Å². The number of aliphatic hydroxyl groups is 1. The molecule has 1 spiro atoms. The van der Waals surface area contributed by atoms with E-state index in [0.29, 0.717) is 19.6 Å². The number of aliphatic hydroxyl groups excluding tert-OH is 1. The van der Waals surface area contributed by atoms with Crippen LogP contribution in [0.3, 0.4) is 0 Å². The van der Waals surface area contributed by atoms with Gasteiger partial charge in [0.25, 0.3) is 0 Å². The number of alkyl halides is 3. The van der Waals surface area contributed by atoms with Crippen molar-refractivity contribution < 1.29 is 23.1 Å². The number of rotatable bonds is 4. The van der Waals surface area contributed by atoms with Crippen LogP contribution in [0, 0.1) is 5.92 Å². The van der Waals surface area contributed by atoms with E-state index in [9.17, 15) is 23.1 Å². The summed E-state index contributed by atoms with van der Waals surface area (Å²) in [5, 5.41) is 11.6. The van der Waals surface area contributed by atoms with Gasteiger partial charge in [-0.15, -0.1) is 0 Å². The number of hydrogen-bond donors (Lipinski definition) is 2. The van der Waals surface area contributed by atoms with Crippen molar-refractivity contribution in [2.45, 2.75) is 56.3 Å². The van der Waals surface area contributed by atoms with Crippen LogP contribution in [0.5, 0.6) is 0 Å². The van der Waals surface area contributed by atoms with E-state index in [4.69, 9.17) is 0 Å². The number of aromatic nitrogens is 1. The molecule has 2 aliphatic heterocycles. The quantitative estimate of drug-likeness (QED) is 0.383. The second-order valence-electron chi connectivity index (χ2n) is 11.1. The van der Waals surface area contributed by atoms with E-state index in [1.54, 1.807) is 6.07 Å². The summed E-state index contributed by atoms with van der Waals surface area (Å²) in [4.78, 5) is 20.5. The Bertz CT molecular complexity index is 1360. The van der Waals surface area contributed by atoms with Gasteiger partial charge in [0.1, 0.15) is 0 Å². The molecule has 6 rings (SSSR count). The Labute approximate surface area is 228 Å². The largest absolute Gasteiger partial charge is 0.416 e. The van der Waals surface area contributed by atoms with Crippen molar-refractivity contribution in [1.29, 1.82) is 0 Å². The number of carbonyl (C=O) groups excluding carboxylic acids is 1. The van der Waals surface area contributed by atoms with Crippen molar-refractivity contribution in [2.75, 3.05) is 26.2 Å². The van der Waals surface area contributed by atoms with E-state index < -0.39 is 17.8 Å². The Morgan fingerprint density at radius 3 is 2.53 bits per heavy atom.